The molecule has 0 aromatic carbocycles. The number of aryl methyl sites for hydroxylation is 1. The Morgan fingerprint density at radius 1 is 1.26 bits per heavy atom. The van der Waals surface area contributed by atoms with E-state index in [9.17, 15) is 4.79 Å². The van der Waals surface area contributed by atoms with Crippen LogP contribution in [-0.4, -0.2) is 28.9 Å². The molecule has 1 N–H and O–H groups in total. The van der Waals surface area contributed by atoms with E-state index in [1.807, 2.05) is 13.1 Å². The maximum atomic E-state index is 11.9. The maximum absolute atomic E-state index is 11.9. The summed E-state index contributed by atoms with van der Waals surface area (Å²) in [7, 11) is 1.86. The van der Waals surface area contributed by atoms with E-state index in [0.717, 1.165) is 17.9 Å². The van der Waals surface area contributed by atoms with Crippen molar-refractivity contribution in [3.8, 4) is 0 Å². The zero-order valence-electron chi connectivity index (χ0n) is 14.6. The predicted octanol–water partition coefficient (Wildman–Crippen LogP) is 4.00. The molecule has 1 fully saturated rings. The van der Waals surface area contributed by atoms with E-state index < -0.39 is 0 Å². The summed E-state index contributed by atoms with van der Waals surface area (Å²) in [5, 5.41) is 7.31. The van der Waals surface area contributed by atoms with Gasteiger partial charge in [0.25, 0.3) is 5.91 Å². The Labute approximate surface area is 139 Å². The summed E-state index contributed by atoms with van der Waals surface area (Å²) in [6.45, 7) is 3.02. The van der Waals surface area contributed by atoms with E-state index >= 15 is 0 Å². The predicted molar refractivity (Wildman–Crippen MR) is 92.6 cm³/mol. The third-order valence-electron chi connectivity index (χ3n) is 4.29. The number of amides is 1. The zero-order chi connectivity index (χ0) is 16.5. The highest BCUT2D eigenvalue weighted by Crippen LogP contribution is 2.39. The molecule has 0 spiro atoms. The smallest absolute Gasteiger partial charge is 0.251 e. The second kappa shape index (κ2) is 9.71. The molecule has 23 heavy (non-hydrogen) atoms. The van der Waals surface area contributed by atoms with Crippen molar-refractivity contribution < 1.29 is 9.53 Å². The van der Waals surface area contributed by atoms with Crippen LogP contribution in [0.15, 0.2) is 6.07 Å². The van der Waals surface area contributed by atoms with Crippen molar-refractivity contribution in [1.29, 1.82) is 0 Å². The zero-order valence-corrected chi connectivity index (χ0v) is 14.6. The lowest BCUT2D eigenvalue weighted by molar-refractivity contribution is -0.120. The fourth-order valence-corrected chi connectivity index (χ4v) is 2.69. The van der Waals surface area contributed by atoms with E-state index in [-0.39, 0.29) is 12.5 Å². The third kappa shape index (κ3) is 6.73. The molecular weight excluding hydrogens is 290 g/mol. The first-order valence-electron chi connectivity index (χ1n) is 9.12. The van der Waals surface area contributed by atoms with Crippen molar-refractivity contribution in [2.24, 2.45) is 7.05 Å². The Morgan fingerprint density at radius 3 is 2.65 bits per heavy atom. The lowest BCUT2D eigenvalue weighted by atomic mass is 10.1. The van der Waals surface area contributed by atoms with Crippen molar-refractivity contribution >= 4 is 11.7 Å². The summed E-state index contributed by atoms with van der Waals surface area (Å²) in [6, 6.07) is 1.98. The van der Waals surface area contributed by atoms with Crippen LogP contribution in [0.2, 0.25) is 0 Å². The van der Waals surface area contributed by atoms with Gasteiger partial charge in [0.1, 0.15) is 12.4 Å². The van der Waals surface area contributed by atoms with E-state index in [1.165, 1.54) is 51.4 Å². The Hall–Kier alpha value is -1.36. The molecule has 2 rings (SSSR count). The van der Waals surface area contributed by atoms with Crippen LogP contribution in [-0.2, 0) is 16.6 Å². The molecule has 5 nitrogen and oxygen atoms in total. The fraction of sp³-hybridized carbons (Fsp3) is 0.778. The molecule has 0 unspecified atom stereocenters. The quantitative estimate of drug-likeness (QED) is 0.592. The minimum Gasteiger partial charge on any atom is -0.372 e. The first-order valence-corrected chi connectivity index (χ1v) is 9.12. The highest BCUT2D eigenvalue weighted by atomic mass is 16.5. The fourth-order valence-electron chi connectivity index (χ4n) is 2.69. The summed E-state index contributed by atoms with van der Waals surface area (Å²) >= 11 is 0. The van der Waals surface area contributed by atoms with E-state index in [1.54, 1.807) is 4.68 Å². The number of nitrogens with one attached hydrogen (secondary N) is 1. The van der Waals surface area contributed by atoms with Crippen LogP contribution in [0.25, 0.3) is 0 Å². The van der Waals surface area contributed by atoms with Crippen LogP contribution < -0.4 is 5.32 Å². The third-order valence-corrected chi connectivity index (χ3v) is 4.29. The number of carbonyl (C=O) groups excluding carboxylic acids is 1. The number of hydrogen-bond acceptors (Lipinski definition) is 3. The monoisotopic (exact) mass is 321 g/mol. The highest BCUT2D eigenvalue weighted by Gasteiger charge is 2.27. The summed E-state index contributed by atoms with van der Waals surface area (Å²) in [6.07, 6.45) is 11.2. The topological polar surface area (TPSA) is 56.1 Å². The molecule has 0 aliphatic heterocycles. The van der Waals surface area contributed by atoms with Gasteiger partial charge in [-0.05, 0) is 19.3 Å². The first kappa shape index (κ1) is 18.0. The molecule has 0 radical (unpaired) electrons. The molecular formula is C18H31N3O2. The molecule has 1 saturated carbocycles. The van der Waals surface area contributed by atoms with Crippen LogP contribution in [0.1, 0.15) is 76.3 Å². The number of rotatable bonds is 12. The lowest BCUT2D eigenvalue weighted by Gasteiger charge is -2.06. The Balaban J connectivity index is 1.52. The Kier molecular flexibility index (Phi) is 7.59. The molecule has 130 valence electrons. The minimum absolute atomic E-state index is 0.0988. The van der Waals surface area contributed by atoms with Crippen molar-refractivity contribution in [1.82, 2.24) is 9.78 Å². The number of aromatic nitrogens is 2. The largest absolute Gasteiger partial charge is 0.372 e. The van der Waals surface area contributed by atoms with Crippen molar-refractivity contribution in [2.75, 3.05) is 18.5 Å². The summed E-state index contributed by atoms with van der Waals surface area (Å²) in [5.74, 6) is 1.26. The molecule has 1 heterocycles. The van der Waals surface area contributed by atoms with Gasteiger partial charge in [0.15, 0.2) is 0 Å². The van der Waals surface area contributed by atoms with Gasteiger partial charge in [-0.1, -0.05) is 45.4 Å². The molecule has 1 amide bonds. The average molecular weight is 321 g/mol. The van der Waals surface area contributed by atoms with Crippen molar-refractivity contribution in [3.63, 3.8) is 0 Å². The van der Waals surface area contributed by atoms with Crippen LogP contribution in [0.4, 0.5) is 5.82 Å². The van der Waals surface area contributed by atoms with E-state index in [2.05, 4.69) is 17.3 Å². The summed E-state index contributed by atoms with van der Waals surface area (Å²) < 4.78 is 7.20. The van der Waals surface area contributed by atoms with Gasteiger partial charge in [-0.25, -0.2) is 0 Å². The highest BCUT2D eigenvalue weighted by molar-refractivity contribution is 5.90. The van der Waals surface area contributed by atoms with Crippen LogP contribution in [0.3, 0.4) is 0 Å². The van der Waals surface area contributed by atoms with Gasteiger partial charge in [-0.2, -0.15) is 5.10 Å². The molecule has 5 heteroatoms. The van der Waals surface area contributed by atoms with Gasteiger partial charge in [0, 0.05) is 25.6 Å². The standard InChI is InChI=1S/C18H31N3O2/c1-3-4-5-6-7-8-9-12-23-14-18(22)19-17-13-16(15-10-11-15)20-21(17)2/h13,15H,3-12,14H2,1-2H3,(H,19,22). The minimum atomic E-state index is -0.0988. The van der Waals surface area contributed by atoms with Crippen LogP contribution in [0, 0.1) is 0 Å². The van der Waals surface area contributed by atoms with Crippen LogP contribution >= 0.6 is 0 Å². The number of anilines is 1. The Morgan fingerprint density at radius 2 is 1.96 bits per heavy atom. The molecule has 1 aliphatic rings. The van der Waals surface area contributed by atoms with Crippen molar-refractivity contribution in [3.05, 3.63) is 11.8 Å². The maximum Gasteiger partial charge on any atom is 0.251 e. The van der Waals surface area contributed by atoms with Gasteiger partial charge < -0.3 is 10.1 Å². The SMILES string of the molecule is CCCCCCCCCOCC(=O)Nc1cc(C2CC2)nn1C. The van der Waals surface area contributed by atoms with Crippen LogP contribution in [0.5, 0.6) is 0 Å². The van der Waals surface area contributed by atoms with Gasteiger partial charge >= 0.3 is 0 Å². The molecule has 1 aromatic rings. The van der Waals surface area contributed by atoms with Gasteiger partial charge in [0.2, 0.25) is 0 Å². The number of nitrogens with zero attached hydrogens (tertiary/aromatic N) is 2. The second-order valence-electron chi connectivity index (χ2n) is 6.57. The normalized spacial score (nSPS) is 14.2. The average Bonchev–Trinajstić information content (AvgIpc) is 3.31. The number of ether oxygens (including phenoxy) is 1. The molecule has 0 atom stereocenters. The molecule has 0 bridgehead atoms. The van der Waals surface area contributed by atoms with Crippen molar-refractivity contribution in [2.45, 2.75) is 70.6 Å². The number of carbonyl (C=O) groups is 1. The van der Waals surface area contributed by atoms with E-state index in [4.69, 9.17) is 4.74 Å². The molecule has 1 aromatic heterocycles. The summed E-state index contributed by atoms with van der Waals surface area (Å²) in [5.41, 5.74) is 1.09. The van der Waals surface area contributed by atoms with E-state index in [0.29, 0.717) is 12.5 Å². The number of unbranched alkanes of at least 4 members (excludes halogenated alkanes) is 6. The number of hydrogen-bond donors (Lipinski definition) is 1. The van der Waals surface area contributed by atoms with Gasteiger partial charge in [-0.15, -0.1) is 0 Å². The second-order valence-corrected chi connectivity index (χ2v) is 6.57. The van der Waals surface area contributed by atoms with Gasteiger partial charge in [-0.3, -0.25) is 9.48 Å². The van der Waals surface area contributed by atoms with Gasteiger partial charge in [0.05, 0.1) is 5.69 Å². The molecule has 0 saturated heterocycles. The lowest BCUT2D eigenvalue weighted by Crippen LogP contribution is -2.20. The summed E-state index contributed by atoms with van der Waals surface area (Å²) in [4.78, 5) is 11.9. The first-order chi connectivity index (χ1) is 11.2. The molecule has 1 aliphatic carbocycles. The Bertz CT molecular complexity index is 481.